The molecule has 0 saturated carbocycles. The highest BCUT2D eigenvalue weighted by Gasteiger charge is 2.23. The molecular weight excluding hydrogens is 214 g/mol. The van der Waals surface area contributed by atoms with E-state index in [0.29, 0.717) is 5.02 Å². The molecule has 0 bridgehead atoms. The van der Waals surface area contributed by atoms with Gasteiger partial charge >= 0.3 is 5.97 Å². The van der Waals surface area contributed by atoms with E-state index >= 15 is 0 Å². The summed E-state index contributed by atoms with van der Waals surface area (Å²) >= 11 is 6.04. The molecule has 2 N–H and O–H groups in total. The van der Waals surface area contributed by atoms with Crippen LogP contribution in [-0.4, -0.2) is 19.6 Å². The van der Waals surface area contributed by atoms with E-state index in [4.69, 9.17) is 22.1 Å². The van der Waals surface area contributed by atoms with E-state index in [0.717, 1.165) is 11.1 Å². The lowest BCUT2D eigenvalue weighted by Crippen LogP contribution is -2.23. The summed E-state index contributed by atoms with van der Waals surface area (Å²) in [4.78, 5) is 11.5. The van der Waals surface area contributed by atoms with Crippen LogP contribution < -0.4 is 5.73 Å². The normalized spacial score (nSPS) is 12.3. The highest BCUT2D eigenvalue weighted by molar-refractivity contribution is 6.31. The molecule has 3 nitrogen and oxygen atoms in total. The third kappa shape index (κ3) is 2.49. The zero-order valence-electron chi connectivity index (χ0n) is 8.79. The van der Waals surface area contributed by atoms with Gasteiger partial charge in [0.2, 0.25) is 0 Å². The Bertz CT molecular complexity index is 345. The molecule has 15 heavy (non-hydrogen) atoms. The molecule has 0 amide bonds. The number of carbonyl (C=O) groups excluding carboxylic acids is 1. The SMILES string of the molecule is COC(=O)C(CN)c1c(C)cccc1Cl. The largest absolute Gasteiger partial charge is 0.469 e. The molecule has 82 valence electrons. The molecule has 1 aromatic rings. The minimum atomic E-state index is -0.483. The minimum Gasteiger partial charge on any atom is -0.469 e. The van der Waals surface area contributed by atoms with Crippen LogP contribution in [0.1, 0.15) is 17.0 Å². The number of ether oxygens (including phenoxy) is 1. The van der Waals surface area contributed by atoms with Crippen LogP contribution in [0.5, 0.6) is 0 Å². The molecule has 0 aliphatic heterocycles. The summed E-state index contributed by atoms with van der Waals surface area (Å²) < 4.78 is 4.69. The topological polar surface area (TPSA) is 52.3 Å². The summed E-state index contributed by atoms with van der Waals surface area (Å²) in [6, 6.07) is 5.48. The van der Waals surface area contributed by atoms with Crippen molar-refractivity contribution < 1.29 is 9.53 Å². The second-order valence-corrected chi connectivity index (χ2v) is 3.69. The van der Waals surface area contributed by atoms with Gasteiger partial charge in [0.05, 0.1) is 13.0 Å². The second kappa shape index (κ2) is 5.14. The van der Waals surface area contributed by atoms with Crippen molar-refractivity contribution in [2.45, 2.75) is 12.8 Å². The number of esters is 1. The first kappa shape index (κ1) is 12.0. The number of halogens is 1. The lowest BCUT2D eigenvalue weighted by Gasteiger charge is -2.16. The molecule has 1 aromatic carbocycles. The molecule has 0 spiro atoms. The van der Waals surface area contributed by atoms with Crippen LogP contribution in [0.15, 0.2) is 18.2 Å². The second-order valence-electron chi connectivity index (χ2n) is 3.28. The van der Waals surface area contributed by atoms with Crippen LogP contribution in [0.25, 0.3) is 0 Å². The van der Waals surface area contributed by atoms with Gasteiger partial charge in [-0.1, -0.05) is 23.7 Å². The van der Waals surface area contributed by atoms with Crippen molar-refractivity contribution in [3.05, 3.63) is 34.3 Å². The molecule has 1 rings (SSSR count). The Balaban J connectivity index is 3.17. The average Bonchev–Trinajstić information content (AvgIpc) is 2.22. The van der Waals surface area contributed by atoms with Gasteiger partial charge in [-0.2, -0.15) is 0 Å². The lowest BCUT2D eigenvalue weighted by atomic mass is 9.95. The van der Waals surface area contributed by atoms with Gasteiger partial charge in [0.1, 0.15) is 0 Å². The van der Waals surface area contributed by atoms with E-state index in [2.05, 4.69) is 0 Å². The maximum Gasteiger partial charge on any atom is 0.314 e. The quantitative estimate of drug-likeness (QED) is 0.802. The predicted molar refractivity (Wildman–Crippen MR) is 60.0 cm³/mol. The highest BCUT2D eigenvalue weighted by atomic mass is 35.5. The zero-order valence-corrected chi connectivity index (χ0v) is 9.54. The fraction of sp³-hybridized carbons (Fsp3) is 0.364. The summed E-state index contributed by atoms with van der Waals surface area (Å²) in [6.07, 6.45) is 0. The molecule has 1 unspecified atom stereocenters. The number of methoxy groups -OCH3 is 1. The number of hydrogen-bond donors (Lipinski definition) is 1. The molecule has 0 heterocycles. The first-order valence-corrected chi connectivity index (χ1v) is 5.02. The van der Waals surface area contributed by atoms with Gasteiger partial charge in [0, 0.05) is 11.6 Å². The number of carbonyl (C=O) groups is 1. The molecule has 0 saturated heterocycles. The number of benzene rings is 1. The van der Waals surface area contributed by atoms with Gasteiger partial charge in [-0.3, -0.25) is 4.79 Å². The number of hydrogen-bond acceptors (Lipinski definition) is 3. The van der Waals surface area contributed by atoms with Crippen molar-refractivity contribution in [3.63, 3.8) is 0 Å². The van der Waals surface area contributed by atoms with E-state index < -0.39 is 5.92 Å². The van der Waals surface area contributed by atoms with Gasteiger partial charge < -0.3 is 10.5 Å². The standard InChI is InChI=1S/C11H14ClNO2/c1-7-4-3-5-9(12)10(7)8(6-13)11(14)15-2/h3-5,8H,6,13H2,1-2H3. The van der Waals surface area contributed by atoms with Crippen molar-refractivity contribution in [3.8, 4) is 0 Å². The van der Waals surface area contributed by atoms with Gasteiger partial charge in [0.25, 0.3) is 0 Å². The van der Waals surface area contributed by atoms with Gasteiger partial charge in [-0.15, -0.1) is 0 Å². The van der Waals surface area contributed by atoms with Crippen LogP contribution >= 0.6 is 11.6 Å². The molecular formula is C11H14ClNO2. The summed E-state index contributed by atoms with van der Waals surface area (Å²) in [5.41, 5.74) is 7.27. The van der Waals surface area contributed by atoms with E-state index in [9.17, 15) is 4.79 Å². The van der Waals surface area contributed by atoms with E-state index in [-0.39, 0.29) is 12.5 Å². The Morgan fingerprint density at radius 1 is 1.60 bits per heavy atom. The summed E-state index contributed by atoms with van der Waals surface area (Å²) in [6.45, 7) is 2.09. The number of nitrogens with two attached hydrogens (primary N) is 1. The average molecular weight is 228 g/mol. The van der Waals surface area contributed by atoms with Crippen molar-refractivity contribution in [1.29, 1.82) is 0 Å². The molecule has 0 aromatic heterocycles. The van der Waals surface area contributed by atoms with E-state index in [1.54, 1.807) is 6.07 Å². The number of aryl methyl sites for hydroxylation is 1. The fourth-order valence-corrected chi connectivity index (χ4v) is 1.91. The van der Waals surface area contributed by atoms with E-state index in [1.165, 1.54) is 7.11 Å². The van der Waals surface area contributed by atoms with Crippen LogP contribution in [0.3, 0.4) is 0 Å². The monoisotopic (exact) mass is 227 g/mol. The molecule has 0 aliphatic rings. The maximum absolute atomic E-state index is 11.5. The lowest BCUT2D eigenvalue weighted by molar-refractivity contribution is -0.142. The molecule has 1 atom stereocenters. The van der Waals surface area contributed by atoms with Crippen LogP contribution in [0.4, 0.5) is 0 Å². The van der Waals surface area contributed by atoms with E-state index in [1.807, 2.05) is 19.1 Å². The molecule has 0 fully saturated rings. The van der Waals surface area contributed by atoms with Gasteiger partial charge in [0.15, 0.2) is 0 Å². The van der Waals surface area contributed by atoms with Crippen molar-refractivity contribution in [1.82, 2.24) is 0 Å². The summed E-state index contributed by atoms with van der Waals surface area (Å²) in [5, 5.41) is 0.552. The fourth-order valence-electron chi connectivity index (χ4n) is 1.56. The maximum atomic E-state index is 11.5. The van der Waals surface area contributed by atoms with Crippen molar-refractivity contribution in [2.75, 3.05) is 13.7 Å². The van der Waals surface area contributed by atoms with Crippen molar-refractivity contribution >= 4 is 17.6 Å². The number of rotatable bonds is 3. The Kier molecular flexibility index (Phi) is 4.12. The highest BCUT2D eigenvalue weighted by Crippen LogP contribution is 2.28. The van der Waals surface area contributed by atoms with Crippen LogP contribution in [0.2, 0.25) is 5.02 Å². The third-order valence-electron chi connectivity index (χ3n) is 2.34. The Morgan fingerprint density at radius 2 is 2.27 bits per heavy atom. The minimum absolute atomic E-state index is 0.192. The van der Waals surface area contributed by atoms with Gasteiger partial charge in [-0.25, -0.2) is 0 Å². The summed E-state index contributed by atoms with van der Waals surface area (Å²) in [7, 11) is 1.34. The van der Waals surface area contributed by atoms with Gasteiger partial charge in [-0.05, 0) is 24.1 Å². The van der Waals surface area contributed by atoms with Crippen LogP contribution in [0, 0.1) is 6.92 Å². The first-order chi connectivity index (χ1) is 7.11. The van der Waals surface area contributed by atoms with Crippen molar-refractivity contribution in [2.24, 2.45) is 5.73 Å². The predicted octanol–water partition coefficient (Wildman–Crippen LogP) is 1.86. The Labute approximate surface area is 94.2 Å². The van der Waals surface area contributed by atoms with Crippen LogP contribution in [-0.2, 0) is 9.53 Å². The Morgan fingerprint density at radius 3 is 2.73 bits per heavy atom. The zero-order chi connectivity index (χ0) is 11.4. The molecule has 0 aliphatic carbocycles. The Hall–Kier alpha value is -1.06. The molecule has 4 heteroatoms. The molecule has 0 radical (unpaired) electrons. The third-order valence-corrected chi connectivity index (χ3v) is 2.67. The summed E-state index contributed by atoms with van der Waals surface area (Å²) in [5.74, 6) is -0.836. The smallest absolute Gasteiger partial charge is 0.314 e. The first-order valence-electron chi connectivity index (χ1n) is 4.64.